The van der Waals surface area contributed by atoms with Gasteiger partial charge in [0.1, 0.15) is 5.75 Å². The second-order valence-electron chi connectivity index (χ2n) is 5.04. The molecule has 0 amide bonds. The van der Waals surface area contributed by atoms with Gasteiger partial charge in [0, 0.05) is 6.04 Å². The molecule has 0 aromatic heterocycles. The summed E-state index contributed by atoms with van der Waals surface area (Å²) in [5.41, 5.74) is 1.23. The molecule has 1 unspecified atom stereocenters. The number of phenols is 1. The summed E-state index contributed by atoms with van der Waals surface area (Å²) in [6.45, 7) is 5.50. The Morgan fingerprint density at radius 1 is 1.00 bits per heavy atom. The molecule has 0 aliphatic carbocycles. The van der Waals surface area contributed by atoms with E-state index in [1.165, 1.54) is 44.1 Å². The molecule has 0 bridgehead atoms. The fourth-order valence-corrected chi connectivity index (χ4v) is 2.10. The maximum absolute atomic E-state index is 9.23. The molecule has 0 saturated carbocycles. The molecule has 0 aliphatic heterocycles. The maximum atomic E-state index is 9.23. The quantitative estimate of drug-likeness (QED) is 0.636. The first kappa shape index (κ1) is 15.0. The summed E-state index contributed by atoms with van der Waals surface area (Å²) in [6.07, 6.45) is 8.02. The summed E-state index contributed by atoms with van der Waals surface area (Å²) in [5.74, 6) is 0.335. The van der Waals surface area contributed by atoms with E-state index < -0.39 is 0 Å². The molecule has 18 heavy (non-hydrogen) atoms. The van der Waals surface area contributed by atoms with Gasteiger partial charge in [0.2, 0.25) is 0 Å². The molecule has 0 spiro atoms. The monoisotopic (exact) mass is 249 g/mol. The molecule has 102 valence electrons. The Kier molecular flexibility index (Phi) is 7.51. The number of nitrogens with one attached hydrogen (secondary N) is 1. The van der Waals surface area contributed by atoms with Gasteiger partial charge in [-0.05, 0) is 37.6 Å². The van der Waals surface area contributed by atoms with Crippen LogP contribution in [0.2, 0.25) is 0 Å². The molecule has 1 rings (SSSR count). The number of phenolic OH excluding ortho intramolecular Hbond substituents is 1. The average molecular weight is 249 g/mol. The molecule has 2 heteroatoms. The van der Waals surface area contributed by atoms with E-state index in [0.717, 1.165) is 6.54 Å². The van der Waals surface area contributed by atoms with Crippen molar-refractivity contribution < 1.29 is 5.11 Å². The minimum atomic E-state index is 0.335. The van der Waals surface area contributed by atoms with Crippen LogP contribution in [0, 0.1) is 0 Å². The molecule has 0 radical (unpaired) electrons. The largest absolute Gasteiger partial charge is 0.508 e. The lowest BCUT2D eigenvalue weighted by molar-refractivity contribution is 0.474. The first-order chi connectivity index (χ1) is 8.74. The minimum Gasteiger partial charge on any atom is -0.508 e. The van der Waals surface area contributed by atoms with E-state index in [2.05, 4.69) is 19.2 Å². The Labute approximate surface area is 111 Å². The van der Waals surface area contributed by atoms with Gasteiger partial charge >= 0.3 is 0 Å². The topological polar surface area (TPSA) is 32.3 Å². The fraction of sp³-hybridized carbons (Fsp3) is 0.625. The molecule has 0 saturated heterocycles. The van der Waals surface area contributed by atoms with Gasteiger partial charge < -0.3 is 10.4 Å². The lowest BCUT2D eigenvalue weighted by atomic mass is 10.1. The van der Waals surface area contributed by atoms with Crippen LogP contribution in [-0.2, 0) is 0 Å². The van der Waals surface area contributed by atoms with Crippen LogP contribution in [0.3, 0.4) is 0 Å². The standard InChI is InChI=1S/C16H27NO/c1-3-4-5-6-7-8-13-17-14(2)15-9-11-16(18)12-10-15/h9-12,14,17-18H,3-8,13H2,1-2H3. The fourth-order valence-electron chi connectivity index (χ4n) is 2.10. The smallest absolute Gasteiger partial charge is 0.115 e. The third-order valence-corrected chi connectivity index (χ3v) is 3.37. The zero-order chi connectivity index (χ0) is 13.2. The van der Waals surface area contributed by atoms with Crippen LogP contribution >= 0.6 is 0 Å². The van der Waals surface area contributed by atoms with Crippen LogP contribution in [0.25, 0.3) is 0 Å². The van der Waals surface area contributed by atoms with Crippen molar-refractivity contribution in [2.45, 2.75) is 58.4 Å². The lowest BCUT2D eigenvalue weighted by Crippen LogP contribution is -2.19. The highest BCUT2D eigenvalue weighted by atomic mass is 16.3. The van der Waals surface area contributed by atoms with Crippen molar-refractivity contribution in [1.29, 1.82) is 0 Å². The van der Waals surface area contributed by atoms with E-state index in [-0.39, 0.29) is 0 Å². The van der Waals surface area contributed by atoms with E-state index >= 15 is 0 Å². The van der Waals surface area contributed by atoms with Crippen molar-refractivity contribution in [3.63, 3.8) is 0 Å². The van der Waals surface area contributed by atoms with Gasteiger partial charge in [-0.25, -0.2) is 0 Å². The van der Waals surface area contributed by atoms with Crippen LogP contribution in [0.4, 0.5) is 0 Å². The lowest BCUT2D eigenvalue weighted by Gasteiger charge is -2.14. The minimum absolute atomic E-state index is 0.335. The number of hydrogen-bond acceptors (Lipinski definition) is 2. The molecule has 2 N–H and O–H groups in total. The predicted octanol–water partition coefficient (Wildman–Crippen LogP) is 4.40. The number of unbranched alkanes of at least 4 members (excludes halogenated alkanes) is 5. The Morgan fingerprint density at radius 3 is 2.28 bits per heavy atom. The molecule has 1 aromatic rings. The van der Waals surface area contributed by atoms with Gasteiger partial charge in [-0.15, -0.1) is 0 Å². The average Bonchev–Trinajstić information content (AvgIpc) is 2.38. The molecule has 1 aromatic carbocycles. The maximum Gasteiger partial charge on any atom is 0.115 e. The highest BCUT2D eigenvalue weighted by molar-refractivity contribution is 5.27. The summed E-state index contributed by atoms with van der Waals surface area (Å²) in [6, 6.07) is 7.82. The van der Waals surface area contributed by atoms with Gasteiger partial charge in [0.15, 0.2) is 0 Å². The molecule has 0 aliphatic rings. The van der Waals surface area contributed by atoms with Crippen molar-refractivity contribution >= 4 is 0 Å². The Balaban J connectivity index is 2.10. The highest BCUT2D eigenvalue weighted by Gasteiger charge is 2.03. The van der Waals surface area contributed by atoms with Gasteiger partial charge in [-0.3, -0.25) is 0 Å². The zero-order valence-electron chi connectivity index (χ0n) is 11.8. The van der Waals surface area contributed by atoms with Crippen LogP contribution < -0.4 is 5.32 Å². The Hall–Kier alpha value is -1.02. The summed E-state index contributed by atoms with van der Waals surface area (Å²) in [4.78, 5) is 0. The van der Waals surface area contributed by atoms with Gasteiger partial charge in [-0.1, -0.05) is 51.2 Å². The second-order valence-corrected chi connectivity index (χ2v) is 5.04. The van der Waals surface area contributed by atoms with Crippen LogP contribution in [0.15, 0.2) is 24.3 Å². The molecule has 1 atom stereocenters. The van der Waals surface area contributed by atoms with Gasteiger partial charge in [0.05, 0.1) is 0 Å². The van der Waals surface area contributed by atoms with Crippen molar-refractivity contribution in [3.8, 4) is 5.75 Å². The summed E-state index contributed by atoms with van der Waals surface area (Å²) < 4.78 is 0. The van der Waals surface area contributed by atoms with E-state index in [1.807, 2.05) is 12.1 Å². The first-order valence-electron chi connectivity index (χ1n) is 7.26. The van der Waals surface area contributed by atoms with Gasteiger partial charge in [0.25, 0.3) is 0 Å². The second kappa shape index (κ2) is 8.98. The number of aromatic hydroxyl groups is 1. The van der Waals surface area contributed by atoms with Crippen LogP contribution in [0.5, 0.6) is 5.75 Å². The van der Waals surface area contributed by atoms with E-state index in [0.29, 0.717) is 11.8 Å². The molecular weight excluding hydrogens is 222 g/mol. The number of hydrogen-bond donors (Lipinski definition) is 2. The molecular formula is C16H27NO. The zero-order valence-corrected chi connectivity index (χ0v) is 11.8. The van der Waals surface area contributed by atoms with Crippen molar-refractivity contribution in [2.75, 3.05) is 6.54 Å². The predicted molar refractivity (Wildman–Crippen MR) is 77.9 cm³/mol. The van der Waals surface area contributed by atoms with E-state index in [9.17, 15) is 5.11 Å². The third-order valence-electron chi connectivity index (χ3n) is 3.37. The first-order valence-corrected chi connectivity index (χ1v) is 7.26. The van der Waals surface area contributed by atoms with E-state index in [1.54, 1.807) is 12.1 Å². The van der Waals surface area contributed by atoms with Crippen molar-refractivity contribution in [1.82, 2.24) is 5.32 Å². The van der Waals surface area contributed by atoms with Gasteiger partial charge in [-0.2, -0.15) is 0 Å². The molecule has 0 fully saturated rings. The van der Waals surface area contributed by atoms with Crippen molar-refractivity contribution in [2.24, 2.45) is 0 Å². The normalized spacial score (nSPS) is 12.6. The van der Waals surface area contributed by atoms with Crippen molar-refractivity contribution in [3.05, 3.63) is 29.8 Å². The van der Waals surface area contributed by atoms with Crippen LogP contribution in [0.1, 0.15) is 64.0 Å². The van der Waals surface area contributed by atoms with Crippen LogP contribution in [-0.4, -0.2) is 11.7 Å². The summed E-state index contributed by atoms with van der Waals surface area (Å²) in [5, 5.41) is 12.8. The number of benzene rings is 1. The summed E-state index contributed by atoms with van der Waals surface area (Å²) in [7, 11) is 0. The Bertz CT molecular complexity index is 307. The Morgan fingerprint density at radius 2 is 1.61 bits per heavy atom. The highest BCUT2D eigenvalue weighted by Crippen LogP contribution is 2.16. The summed E-state index contributed by atoms with van der Waals surface area (Å²) >= 11 is 0. The van der Waals surface area contributed by atoms with E-state index in [4.69, 9.17) is 0 Å². The molecule has 0 heterocycles. The SMILES string of the molecule is CCCCCCCCNC(C)c1ccc(O)cc1. The number of rotatable bonds is 9. The third kappa shape index (κ3) is 6.06. The molecule has 2 nitrogen and oxygen atoms in total.